The molecule has 0 saturated carbocycles. The van der Waals surface area contributed by atoms with E-state index in [4.69, 9.17) is 0 Å². The maximum atomic E-state index is 4.21. The summed E-state index contributed by atoms with van der Waals surface area (Å²) < 4.78 is 0.0625. The van der Waals surface area contributed by atoms with Crippen molar-refractivity contribution in [2.75, 3.05) is 11.5 Å². The minimum Gasteiger partial charge on any atom is -0.179 e. The average Bonchev–Trinajstić information content (AvgIpc) is 1.86. The molecule has 56 valence electrons. The molecule has 0 radical (unpaired) electrons. The van der Waals surface area contributed by atoms with Crippen molar-refractivity contribution in [3.05, 3.63) is 0 Å². The minimum absolute atomic E-state index is 0.0401. The molecule has 0 bridgehead atoms. The van der Waals surface area contributed by atoms with Gasteiger partial charge < -0.3 is 0 Å². The number of hydrogen-bond donors (Lipinski definition) is 4. The molecule has 0 rings (SSSR count). The Kier molecular flexibility index (Phi) is 4.98. The molecular formula is C5H12S4. The van der Waals surface area contributed by atoms with Crippen molar-refractivity contribution in [3.63, 3.8) is 0 Å². The van der Waals surface area contributed by atoms with Crippen LogP contribution in [0.4, 0.5) is 0 Å². The van der Waals surface area contributed by atoms with Gasteiger partial charge in [-0.05, 0) is 11.5 Å². The summed E-state index contributed by atoms with van der Waals surface area (Å²) in [5.41, 5.74) is 0.0401. The van der Waals surface area contributed by atoms with E-state index >= 15 is 0 Å². The first-order valence-electron chi connectivity index (χ1n) is 2.64. The van der Waals surface area contributed by atoms with Crippen LogP contribution < -0.4 is 0 Å². The van der Waals surface area contributed by atoms with Crippen LogP contribution in [-0.2, 0) is 0 Å². The first-order chi connectivity index (χ1) is 4.06. The molecule has 0 saturated heterocycles. The van der Waals surface area contributed by atoms with E-state index in [1.807, 2.05) is 0 Å². The summed E-state index contributed by atoms with van der Waals surface area (Å²) in [4.78, 5) is 0. The summed E-state index contributed by atoms with van der Waals surface area (Å²) in [5, 5.41) is 0. The van der Waals surface area contributed by atoms with Crippen LogP contribution in [0.25, 0.3) is 0 Å². The van der Waals surface area contributed by atoms with Crippen molar-refractivity contribution in [2.45, 2.75) is 11.5 Å². The quantitative estimate of drug-likeness (QED) is 0.389. The fourth-order valence-electron chi connectivity index (χ4n) is 0.213. The van der Waals surface area contributed by atoms with E-state index in [1.165, 1.54) is 0 Å². The molecule has 0 fully saturated rings. The van der Waals surface area contributed by atoms with E-state index in [2.05, 4.69) is 57.4 Å². The highest BCUT2D eigenvalue weighted by Gasteiger charge is 2.26. The molecule has 0 atom stereocenters. The van der Waals surface area contributed by atoms with Crippen LogP contribution >= 0.6 is 50.5 Å². The Hall–Kier alpha value is 1.40. The predicted molar refractivity (Wildman–Crippen MR) is 57.6 cm³/mol. The van der Waals surface area contributed by atoms with Gasteiger partial charge in [-0.15, -0.1) is 0 Å². The lowest BCUT2D eigenvalue weighted by molar-refractivity contribution is 0.488. The molecule has 0 aromatic rings. The Morgan fingerprint density at radius 1 is 1.22 bits per heavy atom. The molecule has 0 heterocycles. The van der Waals surface area contributed by atoms with E-state index < -0.39 is 0 Å². The average molecular weight is 200 g/mol. The number of rotatable bonds is 3. The van der Waals surface area contributed by atoms with E-state index in [0.717, 1.165) is 11.5 Å². The predicted octanol–water partition coefficient (Wildman–Crippen LogP) is 2.04. The molecule has 0 aliphatic rings. The SMILES string of the molecule is CC(CS)(CS)C(S)S. The van der Waals surface area contributed by atoms with Crippen molar-refractivity contribution < 1.29 is 0 Å². The van der Waals surface area contributed by atoms with Crippen molar-refractivity contribution in [2.24, 2.45) is 5.41 Å². The third-order valence-corrected chi connectivity index (χ3v) is 4.04. The summed E-state index contributed by atoms with van der Waals surface area (Å²) in [6, 6.07) is 0. The molecule has 0 N–H and O–H groups in total. The summed E-state index contributed by atoms with van der Waals surface area (Å²) in [6.07, 6.45) is 0. The fourth-order valence-corrected chi connectivity index (χ4v) is 1.92. The molecule has 0 aliphatic carbocycles. The molecule has 9 heavy (non-hydrogen) atoms. The molecule has 0 aromatic heterocycles. The molecule has 0 aromatic carbocycles. The van der Waals surface area contributed by atoms with Crippen LogP contribution in [0.1, 0.15) is 6.92 Å². The Morgan fingerprint density at radius 3 is 1.56 bits per heavy atom. The minimum atomic E-state index is 0.0401. The van der Waals surface area contributed by atoms with Gasteiger partial charge in [0.1, 0.15) is 0 Å². The summed E-state index contributed by atoms with van der Waals surface area (Å²) in [6.45, 7) is 2.07. The largest absolute Gasteiger partial charge is 0.179 e. The highest BCUT2D eigenvalue weighted by Crippen LogP contribution is 2.30. The van der Waals surface area contributed by atoms with Crippen molar-refractivity contribution in [1.29, 1.82) is 0 Å². The molecule has 0 aliphatic heterocycles. The van der Waals surface area contributed by atoms with Gasteiger partial charge in [-0.3, -0.25) is 0 Å². The van der Waals surface area contributed by atoms with Crippen LogP contribution in [0.2, 0.25) is 0 Å². The normalized spacial score (nSPS) is 12.7. The molecule has 0 nitrogen and oxygen atoms in total. The maximum absolute atomic E-state index is 4.21. The second-order valence-electron chi connectivity index (χ2n) is 2.34. The first kappa shape index (κ1) is 10.4. The van der Waals surface area contributed by atoms with Crippen LogP contribution in [0.3, 0.4) is 0 Å². The lowest BCUT2D eigenvalue weighted by Crippen LogP contribution is -2.28. The zero-order valence-electron chi connectivity index (χ0n) is 5.28. The van der Waals surface area contributed by atoms with Gasteiger partial charge in [-0.1, -0.05) is 6.92 Å². The van der Waals surface area contributed by atoms with Crippen LogP contribution in [-0.4, -0.2) is 16.1 Å². The lowest BCUT2D eigenvalue weighted by Gasteiger charge is -2.28. The first-order valence-corrected chi connectivity index (χ1v) is 4.94. The second-order valence-corrected chi connectivity index (χ2v) is 4.42. The van der Waals surface area contributed by atoms with Crippen LogP contribution in [0.15, 0.2) is 0 Å². The van der Waals surface area contributed by atoms with Crippen LogP contribution in [0, 0.1) is 5.41 Å². The number of hydrogen-bond acceptors (Lipinski definition) is 4. The monoisotopic (exact) mass is 200 g/mol. The summed E-state index contributed by atoms with van der Waals surface area (Å²) >= 11 is 16.8. The van der Waals surface area contributed by atoms with E-state index in [1.54, 1.807) is 0 Å². The van der Waals surface area contributed by atoms with E-state index in [9.17, 15) is 0 Å². The Morgan fingerprint density at radius 2 is 1.56 bits per heavy atom. The third kappa shape index (κ3) is 2.87. The zero-order chi connectivity index (χ0) is 7.49. The standard InChI is InChI=1S/C5H12S4/c1-5(2-6,3-7)4(8)9/h4,6-9H,2-3H2,1H3. The van der Waals surface area contributed by atoms with E-state index in [0.29, 0.717) is 0 Å². The van der Waals surface area contributed by atoms with Gasteiger partial charge in [0.15, 0.2) is 0 Å². The molecule has 0 unspecified atom stereocenters. The zero-order valence-corrected chi connectivity index (χ0v) is 8.86. The smallest absolute Gasteiger partial charge is 0.0511 e. The van der Waals surface area contributed by atoms with Gasteiger partial charge in [0.25, 0.3) is 0 Å². The summed E-state index contributed by atoms with van der Waals surface area (Å²) in [7, 11) is 0. The van der Waals surface area contributed by atoms with Crippen molar-refractivity contribution in [1.82, 2.24) is 0 Å². The van der Waals surface area contributed by atoms with Gasteiger partial charge in [-0.25, -0.2) is 0 Å². The van der Waals surface area contributed by atoms with Gasteiger partial charge >= 0.3 is 0 Å². The Bertz CT molecular complexity index is 77.0. The van der Waals surface area contributed by atoms with Gasteiger partial charge in [0.2, 0.25) is 0 Å². The van der Waals surface area contributed by atoms with Crippen molar-refractivity contribution >= 4 is 50.5 Å². The Labute approximate surface area is 78.8 Å². The molecule has 0 amide bonds. The molecular weight excluding hydrogens is 188 g/mol. The van der Waals surface area contributed by atoms with Crippen molar-refractivity contribution in [3.8, 4) is 0 Å². The fraction of sp³-hybridized carbons (Fsp3) is 1.00. The molecule has 0 spiro atoms. The highest BCUT2D eigenvalue weighted by molar-refractivity contribution is 7.99. The third-order valence-electron chi connectivity index (χ3n) is 1.35. The molecule has 4 heteroatoms. The van der Waals surface area contributed by atoms with Gasteiger partial charge in [0, 0.05) is 5.41 Å². The Balaban J connectivity index is 3.92. The van der Waals surface area contributed by atoms with Gasteiger partial charge in [-0.2, -0.15) is 50.5 Å². The maximum Gasteiger partial charge on any atom is 0.0511 e. The lowest BCUT2D eigenvalue weighted by atomic mass is 9.99. The second kappa shape index (κ2) is 4.31. The highest BCUT2D eigenvalue weighted by atomic mass is 32.2. The number of thiol groups is 4. The van der Waals surface area contributed by atoms with E-state index in [-0.39, 0.29) is 10.00 Å². The summed E-state index contributed by atoms with van der Waals surface area (Å²) in [5.74, 6) is 1.54. The van der Waals surface area contributed by atoms with Gasteiger partial charge in [0.05, 0.1) is 4.58 Å². The van der Waals surface area contributed by atoms with Crippen LogP contribution in [0.5, 0.6) is 0 Å². The topological polar surface area (TPSA) is 0 Å².